The van der Waals surface area contributed by atoms with Gasteiger partial charge in [-0.15, -0.1) is 0 Å². The lowest BCUT2D eigenvalue weighted by molar-refractivity contribution is -0.140. The fourth-order valence-corrected chi connectivity index (χ4v) is 1.93. The summed E-state index contributed by atoms with van der Waals surface area (Å²) in [5, 5.41) is 0. The van der Waals surface area contributed by atoms with Crippen LogP contribution in [0.1, 0.15) is 22.7 Å². The summed E-state index contributed by atoms with van der Waals surface area (Å²) in [6, 6.07) is 3.28. The molecule has 0 aliphatic carbocycles. The van der Waals surface area contributed by atoms with Crippen LogP contribution in [0, 0.1) is 17.5 Å². The van der Waals surface area contributed by atoms with Crippen LogP contribution in [0.3, 0.4) is 0 Å². The number of halogens is 6. The zero-order valence-corrected chi connectivity index (χ0v) is 10.4. The van der Waals surface area contributed by atoms with Crippen molar-refractivity contribution in [2.75, 3.05) is 0 Å². The van der Waals surface area contributed by atoms with Gasteiger partial charge in [-0.25, -0.2) is 13.2 Å². The summed E-state index contributed by atoms with van der Waals surface area (Å²) in [5.41, 5.74) is 3.09. The minimum atomic E-state index is -4.90. The van der Waals surface area contributed by atoms with E-state index in [1.807, 2.05) is 0 Å². The molecule has 0 amide bonds. The summed E-state index contributed by atoms with van der Waals surface area (Å²) < 4.78 is 78.5. The SMILES string of the molecule is NC(c1cc(F)ccc1F)c1cccc(C(F)(F)F)c1F. The van der Waals surface area contributed by atoms with Crippen molar-refractivity contribution in [2.45, 2.75) is 12.2 Å². The summed E-state index contributed by atoms with van der Waals surface area (Å²) in [6.45, 7) is 0. The largest absolute Gasteiger partial charge is 0.419 e. The molecular formula is C14H9F6N. The minimum absolute atomic E-state index is 0.423. The molecule has 1 atom stereocenters. The van der Waals surface area contributed by atoms with Crippen molar-refractivity contribution in [3.05, 3.63) is 70.5 Å². The first-order chi connectivity index (χ1) is 9.71. The molecule has 0 aliphatic rings. The maximum atomic E-state index is 13.9. The molecule has 21 heavy (non-hydrogen) atoms. The second-order valence-electron chi connectivity index (χ2n) is 4.35. The van der Waals surface area contributed by atoms with Crippen LogP contribution in [0.5, 0.6) is 0 Å². The van der Waals surface area contributed by atoms with Crippen molar-refractivity contribution in [1.29, 1.82) is 0 Å². The fraction of sp³-hybridized carbons (Fsp3) is 0.143. The molecule has 0 aromatic heterocycles. The van der Waals surface area contributed by atoms with Crippen LogP contribution in [0.15, 0.2) is 36.4 Å². The molecule has 7 heteroatoms. The normalized spacial score (nSPS) is 13.3. The van der Waals surface area contributed by atoms with Crippen molar-refractivity contribution in [1.82, 2.24) is 0 Å². The summed E-state index contributed by atoms with van der Waals surface area (Å²) in [4.78, 5) is 0. The van der Waals surface area contributed by atoms with Crippen LogP contribution in [0.25, 0.3) is 0 Å². The molecule has 0 fully saturated rings. The van der Waals surface area contributed by atoms with Crippen LogP contribution in [0.2, 0.25) is 0 Å². The lowest BCUT2D eigenvalue weighted by atomic mass is 9.96. The average molecular weight is 305 g/mol. The standard InChI is InChI=1S/C14H9F6N/c15-7-4-5-11(16)9(6-7)13(21)8-2-1-3-10(12(8)17)14(18,19)20/h1-6,13H,21H2. The summed E-state index contributed by atoms with van der Waals surface area (Å²) in [5.74, 6) is -3.35. The Morgan fingerprint density at radius 2 is 1.57 bits per heavy atom. The molecule has 0 saturated carbocycles. The van der Waals surface area contributed by atoms with Crippen molar-refractivity contribution in [3.8, 4) is 0 Å². The van der Waals surface area contributed by atoms with Gasteiger partial charge in [0.1, 0.15) is 17.5 Å². The molecule has 0 spiro atoms. The predicted octanol–water partition coefficient (Wildman–Crippen LogP) is 4.17. The van der Waals surface area contributed by atoms with Gasteiger partial charge in [0.2, 0.25) is 0 Å². The highest BCUT2D eigenvalue weighted by atomic mass is 19.4. The maximum Gasteiger partial charge on any atom is 0.419 e. The van der Waals surface area contributed by atoms with Crippen molar-refractivity contribution in [3.63, 3.8) is 0 Å². The van der Waals surface area contributed by atoms with Crippen LogP contribution in [0.4, 0.5) is 26.3 Å². The average Bonchev–Trinajstić information content (AvgIpc) is 2.39. The second kappa shape index (κ2) is 5.40. The second-order valence-corrected chi connectivity index (χ2v) is 4.35. The van der Waals surface area contributed by atoms with Gasteiger partial charge in [-0.2, -0.15) is 13.2 Å². The highest BCUT2D eigenvalue weighted by Crippen LogP contribution is 2.35. The van der Waals surface area contributed by atoms with Gasteiger partial charge in [-0.05, 0) is 24.3 Å². The van der Waals surface area contributed by atoms with E-state index < -0.39 is 46.4 Å². The van der Waals surface area contributed by atoms with Gasteiger partial charge >= 0.3 is 6.18 Å². The third-order valence-corrected chi connectivity index (χ3v) is 2.96. The van der Waals surface area contributed by atoms with Crippen LogP contribution in [-0.4, -0.2) is 0 Å². The molecule has 112 valence electrons. The monoisotopic (exact) mass is 305 g/mol. The number of rotatable bonds is 2. The molecule has 1 nitrogen and oxygen atoms in total. The van der Waals surface area contributed by atoms with E-state index in [0.29, 0.717) is 6.07 Å². The lowest BCUT2D eigenvalue weighted by Crippen LogP contribution is -2.18. The van der Waals surface area contributed by atoms with Crippen LogP contribution >= 0.6 is 0 Å². The lowest BCUT2D eigenvalue weighted by Gasteiger charge is -2.17. The molecule has 0 radical (unpaired) electrons. The van der Waals surface area contributed by atoms with Crippen LogP contribution < -0.4 is 5.73 Å². The number of alkyl halides is 3. The van der Waals surface area contributed by atoms with Gasteiger partial charge in [0, 0.05) is 11.1 Å². The third-order valence-electron chi connectivity index (χ3n) is 2.96. The molecule has 2 N–H and O–H groups in total. The molecule has 0 aliphatic heterocycles. The highest BCUT2D eigenvalue weighted by molar-refractivity contribution is 5.37. The van der Waals surface area contributed by atoms with E-state index in [-0.39, 0.29) is 0 Å². The fourth-order valence-electron chi connectivity index (χ4n) is 1.93. The maximum absolute atomic E-state index is 13.9. The molecule has 1 unspecified atom stereocenters. The topological polar surface area (TPSA) is 26.0 Å². The Kier molecular flexibility index (Phi) is 3.95. The Hall–Kier alpha value is -2.02. The Labute approximate surface area is 116 Å². The van der Waals surface area contributed by atoms with E-state index in [2.05, 4.69) is 0 Å². The molecule has 2 aromatic carbocycles. The predicted molar refractivity (Wildman–Crippen MR) is 63.8 cm³/mol. The molecule has 0 heterocycles. The van der Waals surface area contributed by atoms with Crippen molar-refractivity contribution >= 4 is 0 Å². The van der Waals surface area contributed by atoms with E-state index in [9.17, 15) is 26.3 Å². The van der Waals surface area contributed by atoms with Crippen molar-refractivity contribution < 1.29 is 26.3 Å². The van der Waals surface area contributed by atoms with Crippen molar-refractivity contribution in [2.24, 2.45) is 5.73 Å². The molecule has 2 rings (SSSR count). The number of hydrogen-bond acceptors (Lipinski definition) is 1. The Morgan fingerprint density at radius 3 is 2.19 bits per heavy atom. The zero-order chi connectivity index (χ0) is 15.8. The smallest absolute Gasteiger partial charge is 0.320 e. The highest BCUT2D eigenvalue weighted by Gasteiger charge is 2.35. The van der Waals surface area contributed by atoms with E-state index in [4.69, 9.17) is 5.73 Å². The zero-order valence-electron chi connectivity index (χ0n) is 10.4. The molecule has 0 bridgehead atoms. The van der Waals surface area contributed by atoms with E-state index in [1.54, 1.807) is 0 Å². The van der Waals surface area contributed by atoms with E-state index in [0.717, 1.165) is 30.3 Å². The van der Waals surface area contributed by atoms with E-state index >= 15 is 0 Å². The van der Waals surface area contributed by atoms with Gasteiger partial charge in [-0.1, -0.05) is 12.1 Å². The first kappa shape index (κ1) is 15.4. The molecule has 2 aromatic rings. The Bertz CT molecular complexity index is 665. The van der Waals surface area contributed by atoms with Gasteiger partial charge in [0.15, 0.2) is 0 Å². The number of hydrogen-bond donors (Lipinski definition) is 1. The number of benzene rings is 2. The van der Waals surface area contributed by atoms with Gasteiger partial charge in [0.05, 0.1) is 11.6 Å². The summed E-state index contributed by atoms with van der Waals surface area (Å²) in [6.07, 6.45) is -4.90. The van der Waals surface area contributed by atoms with Gasteiger partial charge < -0.3 is 5.73 Å². The molecule has 0 saturated heterocycles. The summed E-state index contributed by atoms with van der Waals surface area (Å²) in [7, 11) is 0. The first-order valence-electron chi connectivity index (χ1n) is 5.78. The van der Waals surface area contributed by atoms with Gasteiger partial charge in [0.25, 0.3) is 0 Å². The number of nitrogens with two attached hydrogens (primary N) is 1. The van der Waals surface area contributed by atoms with Gasteiger partial charge in [-0.3, -0.25) is 0 Å². The van der Waals surface area contributed by atoms with Crippen LogP contribution in [-0.2, 0) is 6.18 Å². The Balaban J connectivity index is 2.54. The minimum Gasteiger partial charge on any atom is -0.320 e. The Morgan fingerprint density at radius 1 is 0.905 bits per heavy atom. The van der Waals surface area contributed by atoms with E-state index in [1.165, 1.54) is 0 Å². The molecular weight excluding hydrogens is 296 g/mol. The third kappa shape index (κ3) is 3.02. The quantitative estimate of drug-likeness (QED) is 0.828. The first-order valence-corrected chi connectivity index (χ1v) is 5.78. The summed E-state index contributed by atoms with van der Waals surface area (Å²) >= 11 is 0.